The highest BCUT2D eigenvalue weighted by Crippen LogP contribution is 2.29. The molecule has 0 bridgehead atoms. The highest BCUT2D eigenvalue weighted by molar-refractivity contribution is 5.95. The lowest BCUT2D eigenvalue weighted by atomic mass is 10.1. The van der Waals surface area contributed by atoms with Crippen molar-refractivity contribution < 1.29 is 19.0 Å². The minimum atomic E-state index is -0.703. The van der Waals surface area contributed by atoms with Crippen LogP contribution in [0.3, 0.4) is 0 Å². The number of hydrazone groups is 1. The zero-order valence-corrected chi connectivity index (χ0v) is 18.4. The molecule has 0 saturated heterocycles. The molecule has 2 aromatic carbocycles. The van der Waals surface area contributed by atoms with Crippen molar-refractivity contribution >= 4 is 12.1 Å². The van der Waals surface area contributed by atoms with Gasteiger partial charge in [-0.25, -0.2) is 5.43 Å². The van der Waals surface area contributed by atoms with E-state index in [2.05, 4.69) is 15.6 Å². The van der Waals surface area contributed by atoms with Crippen LogP contribution in [0.25, 0.3) is 5.69 Å². The Labute approximate surface area is 189 Å². The molecule has 0 aliphatic carbocycles. The summed E-state index contributed by atoms with van der Waals surface area (Å²) in [6, 6.07) is 13.7. The summed E-state index contributed by atoms with van der Waals surface area (Å²) in [5, 5.41) is 17.7. The number of benzene rings is 2. The summed E-state index contributed by atoms with van der Waals surface area (Å²) in [6.07, 6.45) is 1.38. The number of nitriles is 1. The van der Waals surface area contributed by atoms with Crippen molar-refractivity contribution in [2.45, 2.75) is 6.92 Å². The van der Waals surface area contributed by atoms with Gasteiger partial charge in [0.15, 0.2) is 17.2 Å². The first-order valence-corrected chi connectivity index (χ1v) is 9.68. The predicted octanol–water partition coefficient (Wildman–Crippen LogP) is 2.20. The van der Waals surface area contributed by atoms with Crippen molar-refractivity contribution in [2.75, 3.05) is 21.3 Å². The summed E-state index contributed by atoms with van der Waals surface area (Å²) in [7, 11) is 4.45. The molecule has 1 heterocycles. The smallest absolute Gasteiger partial charge is 0.292 e. The molecular formula is C23H21N5O5. The molecule has 1 aromatic heterocycles. The summed E-state index contributed by atoms with van der Waals surface area (Å²) in [6.45, 7) is 1.48. The van der Waals surface area contributed by atoms with E-state index >= 15 is 0 Å². The van der Waals surface area contributed by atoms with Gasteiger partial charge >= 0.3 is 0 Å². The van der Waals surface area contributed by atoms with Gasteiger partial charge in [0.05, 0.1) is 27.5 Å². The van der Waals surface area contributed by atoms with Crippen LogP contribution in [0.4, 0.5) is 0 Å². The lowest BCUT2D eigenvalue weighted by molar-refractivity contribution is 0.0947. The molecule has 10 nitrogen and oxygen atoms in total. The minimum absolute atomic E-state index is 0.133. The average Bonchev–Trinajstić information content (AvgIpc) is 2.84. The standard InChI is InChI=1S/C23H21N5O5/c1-14-16(12-24)23(30)28(17-9-5-6-10-18(17)31-2)27-20(14)22(29)26-25-13-15-8-7-11-19(32-3)21(15)33-4/h5-11,13H,1-4H3,(H,26,29)/b25-13-. The van der Waals surface area contributed by atoms with Gasteiger partial charge in [0.25, 0.3) is 11.5 Å². The number of methoxy groups -OCH3 is 3. The minimum Gasteiger partial charge on any atom is -0.494 e. The van der Waals surface area contributed by atoms with Crippen LogP contribution >= 0.6 is 0 Å². The van der Waals surface area contributed by atoms with Gasteiger partial charge < -0.3 is 14.2 Å². The number of carbonyl (C=O) groups is 1. The van der Waals surface area contributed by atoms with Gasteiger partial charge in [0.2, 0.25) is 0 Å². The van der Waals surface area contributed by atoms with Crippen molar-refractivity contribution in [2.24, 2.45) is 5.10 Å². The molecular weight excluding hydrogens is 426 g/mol. The van der Waals surface area contributed by atoms with Crippen LogP contribution in [-0.4, -0.2) is 43.2 Å². The molecule has 1 N–H and O–H groups in total. The lowest BCUT2D eigenvalue weighted by Gasteiger charge is -2.13. The van der Waals surface area contributed by atoms with Crippen molar-refractivity contribution in [3.05, 3.63) is 75.2 Å². The molecule has 1 amide bonds. The van der Waals surface area contributed by atoms with Gasteiger partial charge in [-0.05, 0) is 31.2 Å². The third-order valence-corrected chi connectivity index (χ3v) is 4.78. The van der Waals surface area contributed by atoms with E-state index in [1.165, 1.54) is 34.5 Å². The van der Waals surface area contributed by atoms with E-state index in [1.807, 2.05) is 6.07 Å². The number of carbonyl (C=O) groups excluding carboxylic acids is 1. The number of amides is 1. The molecule has 0 saturated carbocycles. The molecule has 0 unspecified atom stereocenters. The Hall–Kier alpha value is -4.65. The molecule has 0 fully saturated rings. The Morgan fingerprint density at radius 2 is 1.79 bits per heavy atom. The van der Waals surface area contributed by atoms with Crippen molar-refractivity contribution in [1.29, 1.82) is 5.26 Å². The average molecular weight is 447 g/mol. The van der Waals surface area contributed by atoms with Crippen LogP contribution in [0, 0.1) is 18.3 Å². The van der Waals surface area contributed by atoms with E-state index in [1.54, 1.807) is 42.5 Å². The molecule has 0 atom stereocenters. The quantitative estimate of drug-likeness (QED) is 0.434. The normalized spacial score (nSPS) is 10.5. The lowest BCUT2D eigenvalue weighted by Crippen LogP contribution is -2.31. The highest BCUT2D eigenvalue weighted by atomic mass is 16.5. The van der Waals surface area contributed by atoms with Crippen LogP contribution < -0.4 is 25.2 Å². The van der Waals surface area contributed by atoms with E-state index in [4.69, 9.17) is 14.2 Å². The molecule has 0 aliphatic heterocycles. The number of para-hydroxylation sites is 3. The van der Waals surface area contributed by atoms with Gasteiger partial charge in [-0.1, -0.05) is 18.2 Å². The number of hydrogen-bond donors (Lipinski definition) is 1. The third kappa shape index (κ3) is 4.52. The van der Waals surface area contributed by atoms with Crippen LogP contribution in [0.15, 0.2) is 52.4 Å². The highest BCUT2D eigenvalue weighted by Gasteiger charge is 2.21. The van der Waals surface area contributed by atoms with Crippen LogP contribution in [0.5, 0.6) is 17.2 Å². The molecule has 0 aliphatic rings. The number of nitrogens with zero attached hydrogens (tertiary/aromatic N) is 4. The number of hydrogen-bond acceptors (Lipinski definition) is 8. The summed E-state index contributed by atoms with van der Waals surface area (Å²) in [4.78, 5) is 25.7. The molecule has 0 spiro atoms. The Bertz CT molecular complexity index is 1320. The topological polar surface area (TPSA) is 128 Å². The van der Waals surface area contributed by atoms with Crippen LogP contribution in [-0.2, 0) is 0 Å². The van der Waals surface area contributed by atoms with Crippen molar-refractivity contribution in [3.8, 4) is 29.0 Å². The van der Waals surface area contributed by atoms with Crippen molar-refractivity contribution in [3.63, 3.8) is 0 Å². The van der Waals surface area contributed by atoms with Crippen molar-refractivity contribution in [1.82, 2.24) is 15.2 Å². The first-order chi connectivity index (χ1) is 16.0. The SMILES string of the molecule is COc1ccccc1-n1nc(C(=O)N/N=C\c2cccc(OC)c2OC)c(C)c(C#N)c1=O. The first-order valence-electron chi connectivity index (χ1n) is 9.68. The zero-order valence-electron chi connectivity index (χ0n) is 18.4. The molecule has 0 radical (unpaired) electrons. The fraction of sp³-hybridized carbons (Fsp3) is 0.174. The second-order valence-corrected chi connectivity index (χ2v) is 6.63. The molecule has 3 aromatic rings. The predicted molar refractivity (Wildman–Crippen MR) is 120 cm³/mol. The number of rotatable bonds is 7. The van der Waals surface area contributed by atoms with E-state index in [9.17, 15) is 14.9 Å². The summed E-state index contributed by atoms with van der Waals surface area (Å²) < 4.78 is 16.8. The van der Waals surface area contributed by atoms with Gasteiger partial charge in [-0.2, -0.15) is 20.1 Å². The largest absolute Gasteiger partial charge is 0.494 e. The van der Waals surface area contributed by atoms with Crippen LogP contribution in [0.2, 0.25) is 0 Å². The van der Waals surface area contributed by atoms with Gasteiger partial charge in [-0.3, -0.25) is 9.59 Å². The molecule has 10 heteroatoms. The van der Waals surface area contributed by atoms with E-state index in [0.717, 1.165) is 4.68 Å². The molecule has 168 valence electrons. The van der Waals surface area contributed by atoms with Gasteiger partial charge in [0.1, 0.15) is 23.1 Å². The Morgan fingerprint density at radius 3 is 2.45 bits per heavy atom. The fourth-order valence-corrected chi connectivity index (χ4v) is 3.15. The summed E-state index contributed by atoms with van der Waals surface area (Å²) in [5.41, 5.74) is 2.36. The maximum Gasteiger partial charge on any atom is 0.292 e. The van der Waals surface area contributed by atoms with Crippen LogP contribution in [0.1, 0.15) is 27.2 Å². The second kappa shape index (κ2) is 10.1. The third-order valence-electron chi connectivity index (χ3n) is 4.78. The maximum atomic E-state index is 12.9. The maximum absolute atomic E-state index is 12.9. The number of aromatic nitrogens is 2. The molecule has 3 rings (SSSR count). The zero-order chi connectivity index (χ0) is 24.0. The Balaban J connectivity index is 2.00. The Morgan fingerprint density at radius 1 is 1.09 bits per heavy atom. The first kappa shape index (κ1) is 23.0. The van der Waals surface area contributed by atoms with Gasteiger partial charge in [-0.15, -0.1) is 0 Å². The van der Waals surface area contributed by atoms with Gasteiger partial charge in [0, 0.05) is 11.1 Å². The van der Waals surface area contributed by atoms with E-state index in [0.29, 0.717) is 28.5 Å². The molecule has 33 heavy (non-hydrogen) atoms. The Kier molecular flexibility index (Phi) is 7.05. The number of nitrogens with one attached hydrogen (secondary N) is 1. The van der Waals surface area contributed by atoms with E-state index in [-0.39, 0.29) is 16.8 Å². The summed E-state index contributed by atoms with van der Waals surface area (Å²) in [5.74, 6) is 0.608. The van der Waals surface area contributed by atoms with E-state index < -0.39 is 11.5 Å². The number of ether oxygens (including phenoxy) is 3. The fourth-order valence-electron chi connectivity index (χ4n) is 3.15. The summed E-state index contributed by atoms with van der Waals surface area (Å²) >= 11 is 0. The monoisotopic (exact) mass is 447 g/mol. The second-order valence-electron chi connectivity index (χ2n) is 6.63.